The van der Waals surface area contributed by atoms with Crippen LogP contribution < -0.4 is 5.32 Å². The summed E-state index contributed by atoms with van der Waals surface area (Å²) in [6.45, 7) is 6.13. The second-order valence-corrected chi connectivity index (χ2v) is 8.18. The fraction of sp³-hybridized carbons (Fsp3) is 0.360. The van der Waals surface area contributed by atoms with E-state index < -0.39 is 5.97 Å². The van der Waals surface area contributed by atoms with Gasteiger partial charge < -0.3 is 14.6 Å². The molecule has 0 radical (unpaired) electrons. The first kappa shape index (κ1) is 22.7. The Morgan fingerprint density at radius 2 is 1.85 bits per heavy atom. The van der Waals surface area contributed by atoms with Gasteiger partial charge in [-0.15, -0.1) is 0 Å². The van der Waals surface area contributed by atoms with Gasteiger partial charge in [-0.3, -0.25) is 9.69 Å². The molecule has 0 unspecified atom stereocenters. The summed E-state index contributed by atoms with van der Waals surface area (Å²) < 4.78 is 10.5. The highest BCUT2D eigenvalue weighted by molar-refractivity contribution is 6.01. The number of rotatable bonds is 7. The van der Waals surface area contributed by atoms with Gasteiger partial charge in [0.2, 0.25) is 17.6 Å². The number of para-hydroxylation sites is 1. The summed E-state index contributed by atoms with van der Waals surface area (Å²) in [5.41, 5.74) is 2.96. The first-order chi connectivity index (χ1) is 16.0. The first-order valence-electron chi connectivity index (χ1n) is 11.2. The average Bonchev–Trinajstić information content (AvgIpc) is 3.29. The molecule has 8 nitrogen and oxygen atoms in total. The van der Waals surface area contributed by atoms with Crippen molar-refractivity contribution in [1.82, 2.24) is 15.0 Å². The third kappa shape index (κ3) is 5.64. The molecule has 1 amide bonds. The summed E-state index contributed by atoms with van der Waals surface area (Å²) in [7, 11) is 0. The number of amides is 1. The van der Waals surface area contributed by atoms with Crippen LogP contribution in [0.2, 0.25) is 0 Å². The zero-order valence-corrected chi connectivity index (χ0v) is 18.9. The van der Waals surface area contributed by atoms with Crippen molar-refractivity contribution < 1.29 is 18.8 Å². The second kappa shape index (κ2) is 10.4. The predicted molar refractivity (Wildman–Crippen MR) is 124 cm³/mol. The smallest absolute Gasteiger partial charge is 0.340 e. The number of likely N-dealkylation sites (tertiary alicyclic amines) is 1. The number of carbonyl (C=O) groups excluding carboxylic acids is 2. The van der Waals surface area contributed by atoms with Gasteiger partial charge in [0.1, 0.15) is 0 Å². The summed E-state index contributed by atoms with van der Waals surface area (Å²) in [5.74, 6) is 0.511. The molecule has 33 heavy (non-hydrogen) atoms. The highest BCUT2D eigenvalue weighted by Crippen LogP contribution is 2.23. The summed E-state index contributed by atoms with van der Waals surface area (Å²) in [6, 6.07) is 14.9. The van der Waals surface area contributed by atoms with Crippen LogP contribution in [-0.2, 0) is 16.1 Å². The number of hydrogen-bond donors (Lipinski definition) is 1. The lowest BCUT2D eigenvalue weighted by Crippen LogP contribution is -2.38. The van der Waals surface area contributed by atoms with Crippen LogP contribution in [0.4, 0.5) is 5.69 Å². The summed E-state index contributed by atoms with van der Waals surface area (Å²) in [6.07, 6.45) is 1.43. The lowest BCUT2D eigenvalue weighted by molar-refractivity contribution is -0.121. The largest absolute Gasteiger partial charge is 0.462 e. The Bertz CT molecular complexity index is 1100. The highest BCUT2D eigenvalue weighted by Gasteiger charge is 2.27. The third-order valence-corrected chi connectivity index (χ3v) is 5.78. The quantitative estimate of drug-likeness (QED) is 0.544. The minimum atomic E-state index is -0.437. The third-order valence-electron chi connectivity index (χ3n) is 5.78. The van der Waals surface area contributed by atoms with Gasteiger partial charge in [0.25, 0.3) is 0 Å². The van der Waals surface area contributed by atoms with Crippen molar-refractivity contribution in [2.45, 2.75) is 33.2 Å². The molecule has 4 rings (SSSR count). The van der Waals surface area contributed by atoms with Gasteiger partial charge in [0.05, 0.1) is 24.4 Å². The maximum atomic E-state index is 12.8. The molecular weight excluding hydrogens is 420 g/mol. The van der Waals surface area contributed by atoms with Crippen molar-refractivity contribution in [2.24, 2.45) is 5.92 Å². The van der Waals surface area contributed by atoms with Crippen LogP contribution >= 0.6 is 0 Å². The van der Waals surface area contributed by atoms with Gasteiger partial charge in [0, 0.05) is 11.5 Å². The first-order valence-corrected chi connectivity index (χ1v) is 11.2. The molecule has 1 fully saturated rings. The zero-order valence-electron chi connectivity index (χ0n) is 18.9. The van der Waals surface area contributed by atoms with Gasteiger partial charge >= 0.3 is 5.97 Å². The number of nitrogens with zero attached hydrogens (tertiary/aromatic N) is 3. The van der Waals surface area contributed by atoms with Crippen LogP contribution in [0, 0.1) is 12.8 Å². The topological polar surface area (TPSA) is 97.6 Å². The van der Waals surface area contributed by atoms with Gasteiger partial charge in [-0.2, -0.15) is 4.98 Å². The van der Waals surface area contributed by atoms with Gasteiger partial charge in [-0.05, 0) is 51.9 Å². The van der Waals surface area contributed by atoms with E-state index in [1.165, 1.54) is 5.56 Å². The molecule has 2 heterocycles. The number of aryl methyl sites for hydroxylation is 1. The Kier molecular flexibility index (Phi) is 7.14. The SMILES string of the molecule is CCOC(=O)c1ccccc1NC(=O)C1CCN(Cc2nc(-c3ccc(C)cc3)no2)CC1. The summed E-state index contributed by atoms with van der Waals surface area (Å²) >= 11 is 0. The molecule has 0 saturated carbocycles. The molecule has 3 aromatic rings. The Balaban J connectivity index is 1.30. The number of hydrogen-bond acceptors (Lipinski definition) is 7. The number of esters is 1. The number of aromatic nitrogens is 2. The molecule has 1 aliphatic rings. The molecule has 0 aliphatic carbocycles. The minimum Gasteiger partial charge on any atom is -0.462 e. The number of ether oxygens (including phenoxy) is 1. The molecule has 1 aromatic heterocycles. The number of nitrogens with one attached hydrogen (secondary N) is 1. The Labute approximate surface area is 192 Å². The number of piperidine rings is 1. The van der Waals surface area contributed by atoms with Crippen LogP contribution in [0.15, 0.2) is 53.1 Å². The maximum Gasteiger partial charge on any atom is 0.340 e. The molecule has 2 aromatic carbocycles. The summed E-state index contributed by atoms with van der Waals surface area (Å²) in [5, 5.41) is 7.00. The number of anilines is 1. The van der Waals surface area contributed by atoms with Gasteiger partial charge in [-0.1, -0.05) is 47.1 Å². The molecule has 8 heteroatoms. The lowest BCUT2D eigenvalue weighted by Gasteiger charge is -2.30. The fourth-order valence-electron chi connectivity index (χ4n) is 3.90. The van der Waals surface area contributed by atoms with E-state index >= 15 is 0 Å². The van der Waals surface area contributed by atoms with Crippen molar-refractivity contribution in [1.29, 1.82) is 0 Å². The number of benzene rings is 2. The molecule has 1 aliphatic heterocycles. The molecule has 0 spiro atoms. The van der Waals surface area contributed by atoms with E-state index in [-0.39, 0.29) is 18.4 Å². The molecular formula is C25H28N4O4. The molecule has 0 bridgehead atoms. The zero-order chi connectivity index (χ0) is 23.2. The van der Waals surface area contributed by atoms with Crippen molar-refractivity contribution in [2.75, 3.05) is 25.0 Å². The van der Waals surface area contributed by atoms with E-state index in [2.05, 4.69) is 20.4 Å². The molecule has 1 saturated heterocycles. The van der Waals surface area contributed by atoms with Crippen molar-refractivity contribution in [3.8, 4) is 11.4 Å². The Morgan fingerprint density at radius 3 is 2.58 bits per heavy atom. The van der Waals surface area contributed by atoms with Gasteiger partial charge in [0.15, 0.2) is 0 Å². The average molecular weight is 449 g/mol. The second-order valence-electron chi connectivity index (χ2n) is 8.18. The van der Waals surface area contributed by atoms with Gasteiger partial charge in [-0.25, -0.2) is 4.79 Å². The van der Waals surface area contributed by atoms with E-state index in [4.69, 9.17) is 9.26 Å². The molecule has 1 N–H and O–H groups in total. The standard InChI is InChI=1S/C25H28N4O4/c1-3-32-25(31)20-6-4-5-7-21(20)26-24(30)19-12-14-29(15-13-19)16-22-27-23(28-33-22)18-10-8-17(2)9-11-18/h4-11,19H,3,12-16H2,1-2H3,(H,26,30). The Hall–Kier alpha value is -3.52. The van der Waals surface area contributed by atoms with Crippen LogP contribution in [0.1, 0.15) is 41.6 Å². The van der Waals surface area contributed by atoms with Crippen LogP contribution in [0.25, 0.3) is 11.4 Å². The van der Waals surface area contributed by atoms with Crippen LogP contribution in [0.3, 0.4) is 0 Å². The Morgan fingerprint density at radius 1 is 1.12 bits per heavy atom. The van der Waals surface area contributed by atoms with Crippen molar-refractivity contribution in [3.05, 3.63) is 65.5 Å². The van der Waals surface area contributed by atoms with E-state index in [1.807, 2.05) is 31.2 Å². The van der Waals surface area contributed by atoms with Crippen LogP contribution in [0.5, 0.6) is 0 Å². The van der Waals surface area contributed by atoms with Crippen LogP contribution in [-0.4, -0.2) is 46.6 Å². The maximum absolute atomic E-state index is 12.8. The molecule has 172 valence electrons. The molecule has 0 atom stereocenters. The van der Waals surface area contributed by atoms with E-state index in [1.54, 1.807) is 31.2 Å². The monoisotopic (exact) mass is 448 g/mol. The van der Waals surface area contributed by atoms with Crippen molar-refractivity contribution >= 4 is 17.6 Å². The summed E-state index contributed by atoms with van der Waals surface area (Å²) in [4.78, 5) is 31.7. The van der Waals surface area contributed by atoms with E-state index in [0.717, 1.165) is 18.7 Å². The highest BCUT2D eigenvalue weighted by atomic mass is 16.5. The predicted octanol–water partition coefficient (Wildman–Crippen LogP) is 4.07. The lowest BCUT2D eigenvalue weighted by atomic mass is 9.95. The normalized spacial score (nSPS) is 14.7. The number of carbonyl (C=O) groups is 2. The minimum absolute atomic E-state index is 0.0779. The van der Waals surface area contributed by atoms with Crippen molar-refractivity contribution in [3.63, 3.8) is 0 Å². The van der Waals surface area contributed by atoms with E-state index in [9.17, 15) is 9.59 Å². The fourth-order valence-corrected chi connectivity index (χ4v) is 3.90. The van der Waals surface area contributed by atoms with E-state index in [0.29, 0.717) is 42.4 Å².